The molecule has 0 saturated carbocycles. The molecule has 0 bridgehead atoms. The zero-order chi connectivity index (χ0) is 26.4. The maximum absolute atomic E-state index is 13.9. The summed E-state index contributed by atoms with van der Waals surface area (Å²) >= 11 is 1.05. The van der Waals surface area contributed by atoms with Gasteiger partial charge < -0.3 is 14.7 Å². The van der Waals surface area contributed by atoms with E-state index in [2.05, 4.69) is 9.88 Å². The van der Waals surface area contributed by atoms with Crippen molar-refractivity contribution in [2.45, 2.75) is 43.7 Å². The number of ether oxygens (including phenoxy) is 1. The molecule has 4 rings (SSSR count). The van der Waals surface area contributed by atoms with E-state index < -0.39 is 24.1 Å². The van der Waals surface area contributed by atoms with Crippen LogP contribution in [0, 0.1) is 22.9 Å². The first kappa shape index (κ1) is 27.7. The number of rotatable bonds is 11. The number of aliphatic hydroxyl groups excluding tert-OH is 1. The van der Waals surface area contributed by atoms with Crippen molar-refractivity contribution in [2.24, 2.45) is 5.41 Å². The number of benzene rings is 2. The Morgan fingerprint density at radius 1 is 1.11 bits per heavy atom. The van der Waals surface area contributed by atoms with E-state index in [9.17, 15) is 22.7 Å². The summed E-state index contributed by atoms with van der Waals surface area (Å²) in [7, 11) is 1.60. The third-order valence-electron chi connectivity index (χ3n) is 7.42. The van der Waals surface area contributed by atoms with E-state index in [0.717, 1.165) is 67.0 Å². The summed E-state index contributed by atoms with van der Waals surface area (Å²) in [6, 6.07) is 7.02. The van der Waals surface area contributed by atoms with Crippen LogP contribution in [0.2, 0.25) is 0 Å². The lowest BCUT2D eigenvalue weighted by molar-refractivity contribution is 0.0378. The second-order valence-electron chi connectivity index (χ2n) is 9.68. The minimum Gasteiger partial charge on any atom is -0.497 e. The molecular formula is C28H32F4N2O2S. The molecule has 0 aliphatic carbocycles. The number of likely N-dealkylation sites (tertiary alicyclic amines) is 1. The maximum atomic E-state index is 13.9. The van der Waals surface area contributed by atoms with Crippen molar-refractivity contribution in [3.05, 3.63) is 65.1 Å². The molecule has 1 saturated heterocycles. The van der Waals surface area contributed by atoms with E-state index in [1.165, 1.54) is 0 Å². The topological polar surface area (TPSA) is 45.6 Å². The van der Waals surface area contributed by atoms with Crippen LogP contribution in [0.1, 0.15) is 36.8 Å². The summed E-state index contributed by atoms with van der Waals surface area (Å²) in [5, 5.41) is 11.1. The molecule has 3 aromatic rings. The van der Waals surface area contributed by atoms with Gasteiger partial charge in [-0.05, 0) is 74.4 Å². The fourth-order valence-electron chi connectivity index (χ4n) is 5.13. The Hall–Kier alpha value is -2.36. The van der Waals surface area contributed by atoms with Crippen LogP contribution in [0.25, 0.3) is 10.9 Å². The van der Waals surface area contributed by atoms with Crippen molar-refractivity contribution >= 4 is 22.7 Å². The highest BCUT2D eigenvalue weighted by atomic mass is 32.2. The van der Waals surface area contributed by atoms with E-state index >= 15 is 0 Å². The van der Waals surface area contributed by atoms with Crippen LogP contribution in [0.15, 0.2) is 41.4 Å². The highest BCUT2D eigenvalue weighted by Crippen LogP contribution is 2.37. The van der Waals surface area contributed by atoms with E-state index in [4.69, 9.17) is 4.74 Å². The predicted molar refractivity (Wildman–Crippen MR) is 138 cm³/mol. The number of alkyl halides is 1. The highest BCUT2D eigenvalue weighted by Gasteiger charge is 2.33. The number of hydrogen-bond donors (Lipinski definition) is 1. The van der Waals surface area contributed by atoms with Gasteiger partial charge in [0.05, 0.1) is 17.5 Å². The van der Waals surface area contributed by atoms with Gasteiger partial charge >= 0.3 is 0 Å². The molecule has 1 aromatic heterocycles. The molecule has 200 valence electrons. The molecule has 9 heteroatoms. The summed E-state index contributed by atoms with van der Waals surface area (Å²) in [6.07, 6.45) is 5.54. The average Bonchev–Trinajstić information content (AvgIpc) is 2.90. The molecule has 0 amide bonds. The molecule has 0 unspecified atom stereocenters. The van der Waals surface area contributed by atoms with Gasteiger partial charge in [0.1, 0.15) is 29.9 Å². The maximum Gasteiger partial charge on any atom is 0.142 e. The van der Waals surface area contributed by atoms with Crippen molar-refractivity contribution in [2.75, 3.05) is 39.1 Å². The van der Waals surface area contributed by atoms with Gasteiger partial charge in [0.15, 0.2) is 0 Å². The molecule has 2 heterocycles. The number of hydrogen-bond acceptors (Lipinski definition) is 5. The first-order chi connectivity index (χ1) is 17.9. The summed E-state index contributed by atoms with van der Waals surface area (Å²) in [4.78, 5) is 6.45. The summed E-state index contributed by atoms with van der Waals surface area (Å²) in [6.45, 7) is 1.70. The number of methoxy groups -OCH3 is 1. The Labute approximate surface area is 219 Å². The highest BCUT2D eigenvalue weighted by molar-refractivity contribution is 7.99. The lowest BCUT2D eigenvalue weighted by Gasteiger charge is -2.41. The monoisotopic (exact) mass is 536 g/mol. The number of nitrogens with zero attached hydrogens (tertiary/aromatic N) is 2. The van der Waals surface area contributed by atoms with Gasteiger partial charge in [-0.3, -0.25) is 4.98 Å². The molecule has 0 radical (unpaired) electrons. The molecule has 1 N–H and O–H groups in total. The van der Waals surface area contributed by atoms with E-state index in [-0.39, 0.29) is 16.9 Å². The van der Waals surface area contributed by atoms with Gasteiger partial charge in [0, 0.05) is 48.2 Å². The van der Waals surface area contributed by atoms with Crippen LogP contribution in [0.5, 0.6) is 5.75 Å². The zero-order valence-corrected chi connectivity index (χ0v) is 21.7. The largest absolute Gasteiger partial charge is 0.497 e. The third-order valence-corrected chi connectivity index (χ3v) is 8.49. The van der Waals surface area contributed by atoms with E-state index in [1.54, 1.807) is 13.3 Å². The van der Waals surface area contributed by atoms with Crippen LogP contribution in [-0.4, -0.2) is 54.1 Å². The van der Waals surface area contributed by atoms with E-state index in [0.29, 0.717) is 42.2 Å². The van der Waals surface area contributed by atoms with Crippen molar-refractivity contribution in [1.29, 1.82) is 0 Å². The number of pyridine rings is 1. The molecule has 1 aliphatic heterocycles. The Morgan fingerprint density at radius 3 is 2.49 bits per heavy atom. The second-order valence-corrected chi connectivity index (χ2v) is 10.8. The smallest absolute Gasteiger partial charge is 0.142 e. The number of aromatic nitrogens is 1. The van der Waals surface area contributed by atoms with Crippen LogP contribution in [0.4, 0.5) is 17.6 Å². The fourth-order valence-corrected chi connectivity index (χ4v) is 6.07. The van der Waals surface area contributed by atoms with Crippen LogP contribution in [0.3, 0.4) is 0 Å². The summed E-state index contributed by atoms with van der Waals surface area (Å²) in [5.74, 6) is -1.49. The first-order valence-electron chi connectivity index (χ1n) is 12.5. The van der Waals surface area contributed by atoms with Gasteiger partial charge in [-0.1, -0.05) is 0 Å². The van der Waals surface area contributed by atoms with Gasteiger partial charge in [0.25, 0.3) is 0 Å². The quantitative estimate of drug-likeness (QED) is 0.230. The molecule has 4 nitrogen and oxygen atoms in total. The minimum atomic E-state index is -0.923. The van der Waals surface area contributed by atoms with Gasteiger partial charge in [-0.15, -0.1) is 11.8 Å². The fraction of sp³-hybridized carbons (Fsp3) is 0.464. The number of aliphatic hydroxyl groups is 1. The SMILES string of the molecule is COc1ccc2ncc(CF)c(CCCC3(CO)CCN(CCSc4c(F)cc(F)cc4F)CC3)c2c1. The average molecular weight is 537 g/mol. The summed E-state index contributed by atoms with van der Waals surface area (Å²) < 4.78 is 59.9. The lowest BCUT2D eigenvalue weighted by Crippen LogP contribution is -2.42. The van der Waals surface area contributed by atoms with Crippen LogP contribution >= 0.6 is 11.8 Å². The van der Waals surface area contributed by atoms with Crippen LogP contribution in [-0.2, 0) is 13.1 Å². The Balaban J connectivity index is 1.32. The summed E-state index contributed by atoms with van der Waals surface area (Å²) in [5.41, 5.74) is 2.13. The Kier molecular flexibility index (Phi) is 9.31. The van der Waals surface area contributed by atoms with Crippen LogP contribution < -0.4 is 4.74 Å². The molecular weight excluding hydrogens is 504 g/mol. The zero-order valence-electron chi connectivity index (χ0n) is 20.9. The normalized spacial score (nSPS) is 15.8. The predicted octanol–water partition coefficient (Wildman–Crippen LogP) is 6.32. The van der Waals surface area contributed by atoms with Gasteiger partial charge in [0.2, 0.25) is 0 Å². The molecule has 0 atom stereocenters. The van der Waals surface area contributed by atoms with Gasteiger partial charge in [-0.25, -0.2) is 17.6 Å². The van der Waals surface area contributed by atoms with E-state index in [1.807, 2.05) is 18.2 Å². The number of piperidine rings is 1. The lowest BCUT2D eigenvalue weighted by atomic mass is 9.75. The standard InChI is InChI=1S/C28H32F4N2O2S/c1-36-21-4-5-26-23(15-21)22(19(16-29)17-33-26)3-2-6-28(18-35)7-9-34(10-8-28)11-12-37-27-24(31)13-20(30)14-25(27)32/h4-5,13-15,17,35H,2-3,6-12,16,18H2,1H3. The molecule has 1 aliphatic rings. The third kappa shape index (κ3) is 6.56. The first-order valence-corrected chi connectivity index (χ1v) is 13.5. The number of halogens is 4. The second kappa shape index (κ2) is 12.5. The van der Waals surface area contributed by atoms with Crippen molar-refractivity contribution < 1.29 is 27.4 Å². The minimum absolute atomic E-state index is 0.0858. The number of thioether (sulfide) groups is 1. The molecule has 2 aromatic carbocycles. The Morgan fingerprint density at radius 2 is 1.84 bits per heavy atom. The van der Waals surface area contributed by atoms with Crippen molar-refractivity contribution in [1.82, 2.24) is 9.88 Å². The molecule has 0 spiro atoms. The molecule has 37 heavy (non-hydrogen) atoms. The molecule has 1 fully saturated rings. The van der Waals surface area contributed by atoms with Crippen molar-refractivity contribution in [3.63, 3.8) is 0 Å². The number of aryl methyl sites for hydroxylation is 1. The Bertz CT molecular complexity index is 1190. The number of fused-ring (bicyclic) bond motifs is 1. The van der Waals surface area contributed by atoms with Crippen molar-refractivity contribution in [3.8, 4) is 5.75 Å². The van der Waals surface area contributed by atoms with Gasteiger partial charge in [-0.2, -0.15) is 0 Å².